The number of nitrogens with zero attached hydrogens (tertiary/aromatic N) is 3. The van der Waals surface area contributed by atoms with Crippen LogP contribution in [0.4, 0.5) is 5.69 Å². The maximum atomic E-state index is 12.3. The fourth-order valence-corrected chi connectivity index (χ4v) is 3.06. The lowest BCUT2D eigenvalue weighted by Gasteiger charge is -2.10. The van der Waals surface area contributed by atoms with E-state index in [-0.39, 0.29) is 11.6 Å². The number of carbonyl (C=O) groups excluding carboxylic acids is 1. The fraction of sp³-hybridized carbons (Fsp3) is 0.125. The van der Waals surface area contributed by atoms with E-state index in [4.69, 9.17) is 0 Å². The van der Waals surface area contributed by atoms with Gasteiger partial charge in [0.25, 0.3) is 5.91 Å². The van der Waals surface area contributed by atoms with Crippen LogP contribution in [0.2, 0.25) is 0 Å². The zero-order valence-electron chi connectivity index (χ0n) is 12.7. The molecule has 116 valence electrons. The molecule has 0 atom stereocenters. The lowest BCUT2D eigenvalue weighted by Crippen LogP contribution is -2.14. The fourth-order valence-electron chi connectivity index (χ4n) is 2.07. The summed E-state index contributed by atoms with van der Waals surface area (Å²) < 4.78 is 0. The summed E-state index contributed by atoms with van der Waals surface area (Å²) in [5.41, 5.74) is 2.95. The van der Waals surface area contributed by atoms with E-state index in [9.17, 15) is 4.79 Å². The zero-order valence-corrected chi connectivity index (χ0v) is 13.5. The van der Waals surface area contributed by atoms with Crippen LogP contribution in [0, 0.1) is 13.8 Å². The Hall–Kier alpha value is -2.67. The molecule has 1 aromatic carbocycles. The minimum atomic E-state index is -0.285. The van der Waals surface area contributed by atoms with Crippen molar-refractivity contribution in [3.05, 3.63) is 59.7 Å². The van der Waals surface area contributed by atoms with Gasteiger partial charge in [-0.25, -0.2) is 0 Å². The number of H-pyrrole nitrogens is 1. The second-order valence-corrected chi connectivity index (χ2v) is 5.98. The van der Waals surface area contributed by atoms with Gasteiger partial charge in [-0.05, 0) is 38.1 Å². The van der Waals surface area contributed by atoms with E-state index in [1.165, 1.54) is 6.20 Å². The topological polar surface area (TPSA) is 83.6 Å². The first-order valence-corrected chi connectivity index (χ1v) is 7.84. The standard InChI is InChI=1S/C16H15N5OS/c1-10-15(11(2)20-19-10)23-14-8-4-3-6-12(14)18-16(22)13-7-5-9-17-21-13/h3-9H,1-2H3,(H,18,22)(H,19,20). The quantitative estimate of drug-likeness (QED) is 0.769. The summed E-state index contributed by atoms with van der Waals surface area (Å²) in [5.74, 6) is -0.285. The van der Waals surface area contributed by atoms with Crippen molar-refractivity contribution in [2.24, 2.45) is 0 Å². The average molecular weight is 325 g/mol. The number of carbonyl (C=O) groups is 1. The molecule has 3 rings (SSSR count). The molecule has 23 heavy (non-hydrogen) atoms. The SMILES string of the molecule is Cc1n[nH]c(C)c1Sc1ccccc1NC(=O)c1cccnn1. The van der Waals surface area contributed by atoms with E-state index < -0.39 is 0 Å². The summed E-state index contributed by atoms with van der Waals surface area (Å²) in [6.07, 6.45) is 1.53. The van der Waals surface area contributed by atoms with Crippen LogP contribution < -0.4 is 5.32 Å². The van der Waals surface area contributed by atoms with Gasteiger partial charge in [0.15, 0.2) is 5.69 Å². The van der Waals surface area contributed by atoms with Gasteiger partial charge in [0.1, 0.15) is 0 Å². The lowest BCUT2D eigenvalue weighted by atomic mass is 10.3. The third-order valence-electron chi connectivity index (χ3n) is 3.21. The summed E-state index contributed by atoms with van der Waals surface area (Å²) in [5, 5.41) is 17.6. The highest BCUT2D eigenvalue weighted by molar-refractivity contribution is 7.99. The summed E-state index contributed by atoms with van der Waals surface area (Å²) in [6, 6.07) is 10.9. The predicted molar refractivity (Wildman–Crippen MR) is 88.6 cm³/mol. The second-order valence-electron chi connectivity index (χ2n) is 4.92. The Morgan fingerprint density at radius 2 is 2.00 bits per heavy atom. The number of hydrogen-bond donors (Lipinski definition) is 2. The molecule has 0 spiro atoms. The van der Waals surface area contributed by atoms with Crippen molar-refractivity contribution < 1.29 is 4.79 Å². The molecule has 0 saturated heterocycles. The molecule has 0 aliphatic rings. The van der Waals surface area contributed by atoms with E-state index in [0.29, 0.717) is 0 Å². The third-order valence-corrected chi connectivity index (χ3v) is 4.59. The first kappa shape index (κ1) is 15.2. The van der Waals surface area contributed by atoms with E-state index in [1.54, 1.807) is 23.9 Å². The van der Waals surface area contributed by atoms with Gasteiger partial charge in [0.2, 0.25) is 0 Å². The lowest BCUT2D eigenvalue weighted by molar-refractivity contribution is 0.102. The zero-order chi connectivity index (χ0) is 16.2. The van der Waals surface area contributed by atoms with Gasteiger partial charge < -0.3 is 5.32 Å². The number of para-hydroxylation sites is 1. The second kappa shape index (κ2) is 6.62. The van der Waals surface area contributed by atoms with Crippen LogP contribution in [0.25, 0.3) is 0 Å². The van der Waals surface area contributed by atoms with E-state index >= 15 is 0 Å². The molecule has 3 aromatic rings. The molecule has 1 amide bonds. The Morgan fingerprint density at radius 3 is 2.70 bits per heavy atom. The Morgan fingerprint density at radius 1 is 1.17 bits per heavy atom. The molecule has 0 radical (unpaired) electrons. The van der Waals surface area contributed by atoms with Crippen LogP contribution in [-0.2, 0) is 0 Å². The molecule has 2 aromatic heterocycles. The molecule has 0 saturated carbocycles. The van der Waals surface area contributed by atoms with Crippen molar-refractivity contribution in [1.82, 2.24) is 20.4 Å². The molecule has 0 aliphatic heterocycles. The van der Waals surface area contributed by atoms with Crippen LogP contribution in [0.3, 0.4) is 0 Å². The van der Waals surface area contributed by atoms with Gasteiger partial charge in [0, 0.05) is 16.8 Å². The maximum Gasteiger partial charge on any atom is 0.276 e. The monoisotopic (exact) mass is 325 g/mol. The number of aryl methyl sites for hydroxylation is 2. The average Bonchev–Trinajstić information content (AvgIpc) is 2.89. The molecule has 0 unspecified atom stereocenters. The molecular formula is C16H15N5OS. The van der Waals surface area contributed by atoms with Crippen molar-refractivity contribution in [3.8, 4) is 0 Å². The first-order chi connectivity index (χ1) is 11.1. The number of aromatic amines is 1. The van der Waals surface area contributed by atoms with Gasteiger partial charge in [-0.2, -0.15) is 10.2 Å². The van der Waals surface area contributed by atoms with Crippen LogP contribution in [0.5, 0.6) is 0 Å². The van der Waals surface area contributed by atoms with Crippen LogP contribution in [0.1, 0.15) is 21.9 Å². The van der Waals surface area contributed by atoms with Crippen LogP contribution in [-0.4, -0.2) is 26.3 Å². The van der Waals surface area contributed by atoms with Gasteiger partial charge in [0.05, 0.1) is 16.3 Å². The number of anilines is 1. The number of aromatic nitrogens is 4. The normalized spacial score (nSPS) is 10.5. The number of amides is 1. The highest BCUT2D eigenvalue weighted by Gasteiger charge is 2.14. The predicted octanol–water partition coefficient (Wildman–Crippen LogP) is 3.22. The first-order valence-electron chi connectivity index (χ1n) is 7.02. The summed E-state index contributed by atoms with van der Waals surface area (Å²) in [4.78, 5) is 14.3. The molecule has 7 heteroatoms. The summed E-state index contributed by atoms with van der Waals surface area (Å²) in [6.45, 7) is 3.93. The number of hydrogen-bond acceptors (Lipinski definition) is 5. The molecule has 2 heterocycles. The number of rotatable bonds is 4. The largest absolute Gasteiger partial charge is 0.320 e. The summed E-state index contributed by atoms with van der Waals surface area (Å²) >= 11 is 1.57. The molecule has 2 N–H and O–H groups in total. The Bertz CT molecular complexity index is 812. The van der Waals surface area contributed by atoms with E-state index in [1.807, 2.05) is 38.1 Å². The molecule has 0 aliphatic carbocycles. The number of nitrogens with one attached hydrogen (secondary N) is 2. The Labute approximate surface area is 137 Å². The number of benzene rings is 1. The van der Waals surface area contributed by atoms with Crippen molar-refractivity contribution in [2.75, 3.05) is 5.32 Å². The highest BCUT2D eigenvalue weighted by Crippen LogP contribution is 2.36. The van der Waals surface area contributed by atoms with Crippen LogP contribution >= 0.6 is 11.8 Å². The smallest absolute Gasteiger partial charge is 0.276 e. The summed E-state index contributed by atoms with van der Waals surface area (Å²) in [7, 11) is 0. The van der Waals surface area contributed by atoms with E-state index in [2.05, 4.69) is 25.7 Å². The molecule has 0 bridgehead atoms. The Balaban J connectivity index is 1.85. The molecular weight excluding hydrogens is 310 g/mol. The van der Waals surface area contributed by atoms with Gasteiger partial charge >= 0.3 is 0 Å². The highest BCUT2D eigenvalue weighted by atomic mass is 32.2. The van der Waals surface area contributed by atoms with Gasteiger partial charge in [-0.1, -0.05) is 23.9 Å². The van der Waals surface area contributed by atoms with Crippen molar-refractivity contribution >= 4 is 23.4 Å². The van der Waals surface area contributed by atoms with E-state index in [0.717, 1.165) is 26.9 Å². The van der Waals surface area contributed by atoms with Crippen LogP contribution in [0.15, 0.2) is 52.4 Å². The minimum absolute atomic E-state index is 0.281. The van der Waals surface area contributed by atoms with Crippen molar-refractivity contribution in [1.29, 1.82) is 0 Å². The van der Waals surface area contributed by atoms with Gasteiger partial charge in [-0.15, -0.1) is 5.10 Å². The third kappa shape index (κ3) is 3.40. The molecule has 0 fully saturated rings. The van der Waals surface area contributed by atoms with Crippen molar-refractivity contribution in [2.45, 2.75) is 23.6 Å². The van der Waals surface area contributed by atoms with Gasteiger partial charge in [-0.3, -0.25) is 9.89 Å². The minimum Gasteiger partial charge on any atom is -0.320 e. The Kier molecular flexibility index (Phi) is 4.38. The van der Waals surface area contributed by atoms with Crippen molar-refractivity contribution in [3.63, 3.8) is 0 Å². The molecule has 6 nitrogen and oxygen atoms in total. The maximum absolute atomic E-state index is 12.3.